The molecule has 0 radical (unpaired) electrons. The molecule has 2 amide bonds. The Hall–Kier alpha value is -3.87. The van der Waals surface area contributed by atoms with Crippen molar-refractivity contribution < 1.29 is 23.5 Å². The molecule has 1 aliphatic rings. The van der Waals surface area contributed by atoms with E-state index in [0.29, 0.717) is 28.4 Å². The third-order valence-electron chi connectivity index (χ3n) is 5.88. The molecule has 0 unspecified atom stereocenters. The molecule has 6 nitrogen and oxygen atoms in total. The zero-order valence-electron chi connectivity index (χ0n) is 19.2. The van der Waals surface area contributed by atoms with E-state index in [0.717, 1.165) is 31.2 Å². The summed E-state index contributed by atoms with van der Waals surface area (Å²) in [6.07, 6.45) is 4.45. The number of anilines is 2. The molecule has 0 spiro atoms. The molecule has 0 aromatic heterocycles. The van der Waals surface area contributed by atoms with Crippen molar-refractivity contribution in [1.82, 2.24) is 0 Å². The van der Waals surface area contributed by atoms with E-state index < -0.39 is 11.7 Å². The van der Waals surface area contributed by atoms with Crippen LogP contribution in [0.5, 0.6) is 11.5 Å². The predicted molar refractivity (Wildman–Crippen MR) is 129 cm³/mol. The Morgan fingerprint density at radius 3 is 2.41 bits per heavy atom. The zero-order valence-corrected chi connectivity index (χ0v) is 19.2. The summed E-state index contributed by atoms with van der Waals surface area (Å²) in [6.45, 7) is 1.80. The molecule has 1 aliphatic carbocycles. The minimum Gasteiger partial charge on any atom is -0.493 e. The fourth-order valence-electron chi connectivity index (χ4n) is 3.97. The average molecular weight is 463 g/mol. The summed E-state index contributed by atoms with van der Waals surface area (Å²) >= 11 is 0. The van der Waals surface area contributed by atoms with Crippen molar-refractivity contribution in [3.63, 3.8) is 0 Å². The van der Waals surface area contributed by atoms with Gasteiger partial charge in [0, 0.05) is 23.0 Å². The van der Waals surface area contributed by atoms with E-state index in [1.165, 1.54) is 18.2 Å². The SMILES string of the molecule is COc1ccc(NC(=O)c2ccc(C)c(NC(=O)c3ccccc3F)c2)cc1OC1CCCC1. The van der Waals surface area contributed by atoms with Gasteiger partial charge in [0.05, 0.1) is 18.8 Å². The minimum absolute atomic E-state index is 0.0650. The van der Waals surface area contributed by atoms with Gasteiger partial charge in [-0.25, -0.2) is 4.39 Å². The lowest BCUT2D eigenvalue weighted by Crippen LogP contribution is -2.16. The predicted octanol–water partition coefficient (Wildman–Crippen LogP) is 5.97. The number of amides is 2. The number of aryl methyl sites for hydroxylation is 1. The van der Waals surface area contributed by atoms with E-state index in [1.807, 2.05) is 0 Å². The summed E-state index contributed by atoms with van der Waals surface area (Å²) < 4.78 is 25.5. The Labute approximate surface area is 198 Å². The Kier molecular flexibility index (Phi) is 7.11. The molecule has 176 valence electrons. The molecule has 34 heavy (non-hydrogen) atoms. The number of carbonyl (C=O) groups is 2. The largest absolute Gasteiger partial charge is 0.493 e. The molecule has 2 N–H and O–H groups in total. The van der Waals surface area contributed by atoms with Crippen molar-refractivity contribution in [2.24, 2.45) is 0 Å². The van der Waals surface area contributed by atoms with Crippen LogP contribution in [0.1, 0.15) is 52.0 Å². The Morgan fingerprint density at radius 2 is 1.68 bits per heavy atom. The maximum Gasteiger partial charge on any atom is 0.258 e. The van der Waals surface area contributed by atoms with Crippen molar-refractivity contribution in [1.29, 1.82) is 0 Å². The van der Waals surface area contributed by atoms with Gasteiger partial charge >= 0.3 is 0 Å². The first-order chi connectivity index (χ1) is 16.4. The van der Waals surface area contributed by atoms with Crippen molar-refractivity contribution in [3.8, 4) is 11.5 Å². The second kappa shape index (κ2) is 10.4. The average Bonchev–Trinajstić information content (AvgIpc) is 3.34. The second-order valence-electron chi connectivity index (χ2n) is 8.31. The maximum atomic E-state index is 14.0. The lowest BCUT2D eigenvalue weighted by Gasteiger charge is -2.17. The van der Waals surface area contributed by atoms with E-state index in [4.69, 9.17) is 9.47 Å². The van der Waals surface area contributed by atoms with Gasteiger partial charge < -0.3 is 20.1 Å². The normalized spacial score (nSPS) is 13.4. The number of methoxy groups -OCH3 is 1. The molecule has 0 aliphatic heterocycles. The molecule has 3 aromatic rings. The first kappa shape index (κ1) is 23.3. The van der Waals surface area contributed by atoms with Gasteiger partial charge in [0.15, 0.2) is 11.5 Å². The highest BCUT2D eigenvalue weighted by Crippen LogP contribution is 2.34. The van der Waals surface area contributed by atoms with Crippen LogP contribution in [0.15, 0.2) is 60.7 Å². The van der Waals surface area contributed by atoms with Crippen LogP contribution in [-0.2, 0) is 0 Å². The number of ether oxygens (including phenoxy) is 2. The third kappa shape index (κ3) is 5.36. The van der Waals surface area contributed by atoms with E-state index in [1.54, 1.807) is 56.5 Å². The summed E-state index contributed by atoms with van der Waals surface area (Å²) in [5.41, 5.74) is 2.03. The Morgan fingerprint density at radius 1 is 0.912 bits per heavy atom. The van der Waals surface area contributed by atoms with Gasteiger partial charge in [0.2, 0.25) is 0 Å². The Balaban J connectivity index is 1.50. The third-order valence-corrected chi connectivity index (χ3v) is 5.88. The van der Waals surface area contributed by atoms with E-state index in [-0.39, 0.29) is 17.6 Å². The highest BCUT2D eigenvalue weighted by molar-refractivity contribution is 6.08. The smallest absolute Gasteiger partial charge is 0.258 e. The summed E-state index contributed by atoms with van der Waals surface area (Å²) in [5.74, 6) is -0.338. The van der Waals surface area contributed by atoms with E-state index in [2.05, 4.69) is 10.6 Å². The molecule has 4 rings (SSSR count). The number of halogens is 1. The fourth-order valence-corrected chi connectivity index (χ4v) is 3.97. The number of benzene rings is 3. The van der Waals surface area contributed by atoms with Gasteiger partial charge in [-0.15, -0.1) is 0 Å². The first-order valence-electron chi connectivity index (χ1n) is 11.3. The van der Waals surface area contributed by atoms with Gasteiger partial charge in [0.1, 0.15) is 5.82 Å². The summed E-state index contributed by atoms with van der Waals surface area (Å²) in [5, 5.41) is 5.56. The van der Waals surface area contributed by atoms with Crippen LogP contribution < -0.4 is 20.1 Å². The van der Waals surface area contributed by atoms with Crippen LogP contribution >= 0.6 is 0 Å². The van der Waals surface area contributed by atoms with Gasteiger partial charge in [-0.3, -0.25) is 9.59 Å². The van der Waals surface area contributed by atoms with Crippen LogP contribution in [0.3, 0.4) is 0 Å². The number of rotatable bonds is 7. The summed E-state index contributed by atoms with van der Waals surface area (Å²) in [4.78, 5) is 25.5. The number of carbonyl (C=O) groups excluding carboxylic acids is 2. The van der Waals surface area contributed by atoms with Crippen LogP contribution in [-0.4, -0.2) is 25.0 Å². The lowest BCUT2D eigenvalue weighted by atomic mass is 10.1. The van der Waals surface area contributed by atoms with Crippen molar-refractivity contribution in [2.75, 3.05) is 17.7 Å². The van der Waals surface area contributed by atoms with E-state index >= 15 is 0 Å². The quantitative estimate of drug-likeness (QED) is 0.454. The second-order valence-corrected chi connectivity index (χ2v) is 8.31. The van der Waals surface area contributed by atoms with Crippen LogP contribution in [0.2, 0.25) is 0 Å². The molecule has 1 saturated carbocycles. The minimum atomic E-state index is -0.610. The van der Waals surface area contributed by atoms with E-state index in [9.17, 15) is 14.0 Å². The maximum absolute atomic E-state index is 14.0. The summed E-state index contributed by atoms with van der Waals surface area (Å²) in [6, 6.07) is 16.0. The monoisotopic (exact) mass is 462 g/mol. The van der Waals surface area contributed by atoms with Gasteiger partial charge in [0.25, 0.3) is 11.8 Å². The molecular formula is C27H27FN2O4. The van der Waals surface area contributed by atoms with Crippen LogP contribution in [0.4, 0.5) is 15.8 Å². The molecule has 7 heteroatoms. The molecule has 0 atom stereocenters. The van der Waals surface area contributed by atoms with Gasteiger partial charge in [-0.1, -0.05) is 18.2 Å². The fraction of sp³-hybridized carbons (Fsp3) is 0.259. The van der Waals surface area contributed by atoms with Crippen molar-refractivity contribution in [3.05, 3.63) is 83.2 Å². The van der Waals surface area contributed by atoms with Crippen LogP contribution in [0, 0.1) is 12.7 Å². The summed E-state index contributed by atoms with van der Waals surface area (Å²) in [7, 11) is 1.58. The lowest BCUT2D eigenvalue weighted by molar-refractivity contribution is 0.101. The van der Waals surface area contributed by atoms with Gasteiger partial charge in [-0.05, 0) is 74.6 Å². The van der Waals surface area contributed by atoms with Crippen LogP contribution in [0.25, 0.3) is 0 Å². The first-order valence-corrected chi connectivity index (χ1v) is 11.3. The Bertz CT molecular complexity index is 1200. The molecule has 1 fully saturated rings. The van der Waals surface area contributed by atoms with Crippen molar-refractivity contribution >= 4 is 23.2 Å². The topological polar surface area (TPSA) is 76.7 Å². The number of nitrogens with one attached hydrogen (secondary N) is 2. The zero-order chi connectivity index (χ0) is 24.1. The highest BCUT2D eigenvalue weighted by Gasteiger charge is 2.19. The number of hydrogen-bond acceptors (Lipinski definition) is 4. The van der Waals surface area contributed by atoms with Gasteiger partial charge in [-0.2, -0.15) is 0 Å². The molecule has 0 saturated heterocycles. The standard InChI is InChI=1S/C27H27FN2O4/c1-17-11-12-18(15-23(17)30-27(32)21-9-5-6-10-22(21)28)26(31)29-19-13-14-24(33-2)25(16-19)34-20-7-3-4-8-20/h5-6,9-16,20H,3-4,7-8H2,1-2H3,(H,29,31)(H,30,32). The number of hydrogen-bond donors (Lipinski definition) is 2. The van der Waals surface area contributed by atoms with Crippen molar-refractivity contribution in [2.45, 2.75) is 38.7 Å². The molecule has 3 aromatic carbocycles. The molecule has 0 heterocycles. The highest BCUT2D eigenvalue weighted by atomic mass is 19.1. The molecular weight excluding hydrogens is 435 g/mol. The molecule has 0 bridgehead atoms.